The van der Waals surface area contributed by atoms with E-state index in [1.54, 1.807) is 24.3 Å². The normalized spacial score (nSPS) is 19.6. The van der Waals surface area contributed by atoms with Gasteiger partial charge in [-0.2, -0.15) is 5.26 Å². The van der Waals surface area contributed by atoms with Gasteiger partial charge in [-0.3, -0.25) is 14.5 Å². The van der Waals surface area contributed by atoms with E-state index in [2.05, 4.69) is 33.7 Å². The Kier molecular flexibility index (Phi) is 8.16. The van der Waals surface area contributed by atoms with Gasteiger partial charge in [0.2, 0.25) is 5.91 Å². The Morgan fingerprint density at radius 2 is 1.76 bits per heavy atom. The van der Waals surface area contributed by atoms with Gasteiger partial charge in [-0.05, 0) is 55.4 Å². The first kappa shape index (κ1) is 26.6. The minimum atomic E-state index is -0.848. The Hall–Kier alpha value is -3.41. The molecule has 37 heavy (non-hydrogen) atoms. The minimum absolute atomic E-state index is 0. The number of benzene rings is 2. The summed E-state index contributed by atoms with van der Waals surface area (Å²) in [5.41, 5.74) is 1.62. The number of urea groups is 1. The standard InChI is InChI=1S/C28H31N5O3.ClH/c29-18-20-6-8-21(9-7-20)19-33-26(35)28(31-27(33)36)13-16-32(17-14-28)15-12-24(22-4-2-1-3-5-22)30-25(34)23-10-11-23;/h1-9,23-24H,10-17,19H2,(H,30,34)(H,31,36);1H/t24-;/m0./s1. The highest BCUT2D eigenvalue weighted by molar-refractivity contribution is 6.07. The number of piperidine rings is 1. The van der Waals surface area contributed by atoms with Crippen molar-refractivity contribution in [3.05, 3.63) is 71.3 Å². The molecule has 1 aliphatic carbocycles. The lowest BCUT2D eigenvalue weighted by molar-refractivity contribution is -0.133. The molecule has 2 N–H and O–H groups in total. The molecule has 2 aliphatic heterocycles. The lowest BCUT2D eigenvalue weighted by Gasteiger charge is -2.37. The summed E-state index contributed by atoms with van der Waals surface area (Å²) in [4.78, 5) is 42.0. The van der Waals surface area contributed by atoms with Crippen LogP contribution in [-0.2, 0) is 16.1 Å². The lowest BCUT2D eigenvalue weighted by atomic mass is 9.87. The number of carbonyl (C=O) groups is 3. The van der Waals surface area contributed by atoms with Gasteiger partial charge in [-0.25, -0.2) is 4.79 Å². The first-order valence-electron chi connectivity index (χ1n) is 12.7. The van der Waals surface area contributed by atoms with Crippen molar-refractivity contribution >= 4 is 30.3 Å². The zero-order valence-corrected chi connectivity index (χ0v) is 21.5. The van der Waals surface area contributed by atoms with E-state index < -0.39 is 5.54 Å². The summed E-state index contributed by atoms with van der Waals surface area (Å²) in [6.07, 6.45) is 3.87. The molecule has 1 saturated carbocycles. The van der Waals surface area contributed by atoms with Crippen molar-refractivity contribution in [2.24, 2.45) is 5.92 Å². The molecule has 4 amide bonds. The predicted octanol–water partition coefficient (Wildman–Crippen LogP) is 3.52. The van der Waals surface area contributed by atoms with Gasteiger partial charge in [0.15, 0.2) is 0 Å². The smallest absolute Gasteiger partial charge is 0.325 e. The molecule has 1 atom stereocenters. The fourth-order valence-electron chi connectivity index (χ4n) is 5.14. The first-order chi connectivity index (χ1) is 17.5. The van der Waals surface area contributed by atoms with E-state index in [0.29, 0.717) is 31.5 Å². The van der Waals surface area contributed by atoms with E-state index >= 15 is 0 Å². The van der Waals surface area contributed by atoms with Crippen LogP contribution in [0.5, 0.6) is 0 Å². The van der Waals surface area contributed by atoms with Crippen LogP contribution in [0.25, 0.3) is 0 Å². The van der Waals surface area contributed by atoms with Crippen LogP contribution in [0.15, 0.2) is 54.6 Å². The van der Waals surface area contributed by atoms with Crippen molar-refractivity contribution in [1.29, 1.82) is 5.26 Å². The van der Waals surface area contributed by atoms with E-state index in [1.807, 2.05) is 18.2 Å². The Balaban J connectivity index is 0.00000320. The van der Waals surface area contributed by atoms with Gasteiger partial charge in [-0.15, -0.1) is 12.4 Å². The molecular weight excluding hydrogens is 490 g/mol. The second-order valence-corrected chi connectivity index (χ2v) is 10.1. The molecule has 2 saturated heterocycles. The van der Waals surface area contributed by atoms with Gasteiger partial charge in [-0.1, -0.05) is 42.5 Å². The summed E-state index contributed by atoms with van der Waals surface area (Å²) >= 11 is 0. The Bertz CT molecular complexity index is 1170. The van der Waals surface area contributed by atoms with E-state index in [-0.39, 0.29) is 48.8 Å². The number of imide groups is 1. The Labute approximate surface area is 223 Å². The van der Waals surface area contributed by atoms with Gasteiger partial charge in [0.25, 0.3) is 5.91 Å². The molecule has 3 aliphatic rings. The van der Waals surface area contributed by atoms with E-state index in [9.17, 15) is 14.4 Å². The maximum Gasteiger partial charge on any atom is 0.325 e. The summed E-state index contributed by atoms with van der Waals surface area (Å²) in [5, 5.41) is 15.2. The predicted molar refractivity (Wildman–Crippen MR) is 141 cm³/mol. The van der Waals surface area contributed by atoms with Crippen LogP contribution in [0, 0.1) is 17.2 Å². The van der Waals surface area contributed by atoms with Gasteiger partial charge in [0.05, 0.1) is 24.2 Å². The summed E-state index contributed by atoms with van der Waals surface area (Å²) in [6.45, 7) is 2.41. The number of nitrogens with zero attached hydrogens (tertiary/aromatic N) is 3. The molecule has 2 aromatic carbocycles. The van der Waals surface area contributed by atoms with Crippen molar-refractivity contribution < 1.29 is 14.4 Å². The summed E-state index contributed by atoms with van der Waals surface area (Å²) < 4.78 is 0. The van der Waals surface area contributed by atoms with Crippen molar-refractivity contribution in [2.45, 2.75) is 50.2 Å². The molecule has 1 spiro atoms. The van der Waals surface area contributed by atoms with Crippen molar-refractivity contribution in [3.8, 4) is 6.07 Å². The van der Waals surface area contributed by atoms with Crippen LogP contribution in [0.1, 0.15) is 54.8 Å². The fourth-order valence-corrected chi connectivity index (χ4v) is 5.14. The largest absolute Gasteiger partial charge is 0.349 e. The first-order valence-corrected chi connectivity index (χ1v) is 12.7. The third-order valence-electron chi connectivity index (χ3n) is 7.58. The maximum absolute atomic E-state index is 13.3. The third-order valence-corrected chi connectivity index (χ3v) is 7.58. The van der Waals surface area contributed by atoms with E-state index in [1.165, 1.54) is 4.90 Å². The average molecular weight is 522 g/mol. The van der Waals surface area contributed by atoms with Crippen molar-refractivity contribution in [2.75, 3.05) is 19.6 Å². The molecule has 0 bridgehead atoms. The number of halogens is 1. The average Bonchev–Trinajstić information content (AvgIpc) is 3.74. The number of likely N-dealkylation sites (tertiary alicyclic amines) is 1. The van der Waals surface area contributed by atoms with E-state index in [0.717, 1.165) is 36.9 Å². The highest BCUT2D eigenvalue weighted by Gasteiger charge is 2.52. The van der Waals surface area contributed by atoms with Gasteiger partial charge < -0.3 is 15.5 Å². The van der Waals surface area contributed by atoms with Gasteiger partial charge >= 0.3 is 6.03 Å². The molecule has 3 fully saturated rings. The highest BCUT2D eigenvalue weighted by atomic mass is 35.5. The molecular formula is C28H32ClN5O3. The zero-order chi connectivity index (χ0) is 25.1. The Morgan fingerprint density at radius 1 is 1.08 bits per heavy atom. The molecule has 2 aromatic rings. The van der Waals surface area contributed by atoms with Crippen LogP contribution in [0.2, 0.25) is 0 Å². The van der Waals surface area contributed by atoms with Crippen LogP contribution in [0.4, 0.5) is 4.79 Å². The molecule has 0 unspecified atom stereocenters. The Morgan fingerprint density at radius 3 is 2.38 bits per heavy atom. The number of rotatable bonds is 8. The quantitative estimate of drug-likeness (QED) is 0.517. The van der Waals surface area contributed by atoms with Gasteiger partial charge in [0, 0.05) is 25.6 Å². The lowest BCUT2D eigenvalue weighted by Crippen LogP contribution is -2.55. The minimum Gasteiger partial charge on any atom is -0.349 e. The van der Waals surface area contributed by atoms with Crippen molar-refractivity contribution in [3.63, 3.8) is 0 Å². The molecule has 2 heterocycles. The van der Waals surface area contributed by atoms with Crippen LogP contribution in [0.3, 0.4) is 0 Å². The molecule has 9 heteroatoms. The fraction of sp³-hybridized carbons (Fsp3) is 0.429. The zero-order valence-electron chi connectivity index (χ0n) is 20.7. The summed E-state index contributed by atoms with van der Waals surface area (Å²) in [6, 6.07) is 18.7. The topological polar surface area (TPSA) is 106 Å². The molecule has 194 valence electrons. The molecule has 0 radical (unpaired) electrons. The highest BCUT2D eigenvalue weighted by Crippen LogP contribution is 2.32. The van der Waals surface area contributed by atoms with Crippen LogP contribution in [-0.4, -0.2) is 52.8 Å². The second-order valence-electron chi connectivity index (χ2n) is 10.1. The van der Waals surface area contributed by atoms with E-state index in [4.69, 9.17) is 5.26 Å². The van der Waals surface area contributed by atoms with Crippen molar-refractivity contribution in [1.82, 2.24) is 20.4 Å². The van der Waals surface area contributed by atoms with Crippen LogP contribution < -0.4 is 10.6 Å². The monoisotopic (exact) mass is 521 g/mol. The number of nitrogens with one attached hydrogen (secondary N) is 2. The number of nitriles is 1. The second kappa shape index (κ2) is 11.3. The third kappa shape index (κ3) is 5.95. The molecule has 5 rings (SSSR count). The molecule has 0 aromatic heterocycles. The number of hydrogen-bond acceptors (Lipinski definition) is 5. The summed E-state index contributed by atoms with van der Waals surface area (Å²) in [7, 11) is 0. The number of hydrogen-bond donors (Lipinski definition) is 2. The number of amides is 4. The summed E-state index contributed by atoms with van der Waals surface area (Å²) in [5.74, 6) is 0.133. The maximum atomic E-state index is 13.3. The van der Waals surface area contributed by atoms with Gasteiger partial charge in [0.1, 0.15) is 5.54 Å². The molecule has 8 nitrogen and oxygen atoms in total. The SMILES string of the molecule is Cl.N#Cc1ccc(CN2C(=O)NC3(CCN(CC[C@H](NC(=O)C4CC4)c4ccccc4)CC3)C2=O)cc1. The number of carbonyl (C=O) groups excluding carboxylic acids is 3. The van der Waals surface area contributed by atoms with Crippen LogP contribution >= 0.6 is 12.4 Å².